The van der Waals surface area contributed by atoms with Crippen molar-refractivity contribution in [3.8, 4) is 0 Å². The zero-order chi connectivity index (χ0) is 15.7. The molecule has 2 saturated carbocycles. The van der Waals surface area contributed by atoms with E-state index in [2.05, 4.69) is 10.0 Å². The first-order valence-electron chi connectivity index (χ1n) is 7.81. The highest BCUT2D eigenvalue weighted by atomic mass is 32.2. The third-order valence-electron chi connectivity index (χ3n) is 4.97. The molecule has 4 nitrogen and oxygen atoms in total. The van der Waals surface area contributed by atoms with Crippen molar-refractivity contribution in [1.82, 2.24) is 10.0 Å². The highest BCUT2D eigenvalue weighted by Gasteiger charge is 2.39. The number of nitrogens with one attached hydrogen (secondary N) is 2. The SMILES string of the molecule is Cc1ccc(S(=O)(=O)NC(=S)NC[C@@H]2C[C@H]3CC[C@H]2C3)cc1. The van der Waals surface area contributed by atoms with Crippen LogP contribution in [0, 0.1) is 24.7 Å². The summed E-state index contributed by atoms with van der Waals surface area (Å²) in [6.45, 7) is 2.70. The maximum atomic E-state index is 12.2. The molecule has 2 fully saturated rings. The van der Waals surface area contributed by atoms with Crippen LogP contribution in [0.25, 0.3) is 0 Å². The topological polar surface area (TPSA) is 58.2 Å². The van der Waals surface area contributed by atoms with Crippen LogP contribution < -0.4 is 10.0 Å². The van der Waals surface area contributed by atoms with E-state index in [1.807, 2.05) is 6.92 Å². The number of sulfonamides is 1. The van der Waals surface area contributed by atoms with Crippen LogP contribution in [0.3, 0.4) is 0 Å². The first-order chi connectivity index (χ1) is 10.4. The van der Waals surface area contributed by atoms with E-state index < -0.39 is 10.0 Å². The van der Waals surface area contributed by atoms with E-state index in [1.165, 1.54) is 25.7 Å². The Morgan fingerprint density at radius 2 is 1.95 bits per heavy atom. The molecule has 0 radical (unpaired) electrons. The number of fused-ring (bicyclic) bond motifs is 2. The Kier molecular flexibility index (Phi) is 4.41. The summed E-state index contributed by atoms with van der Waals surface area (Å²) in [4.78, 5) is 0.238. The van der Waals surface area contributed by atoms with E-state index in [4.69, 9.17) is 12.2 Å². The molecule has 6 heteroatoms. The first kappa shape index (κ1) is 15.7. The molecule has 0 saturated heterocycles. The van der Waals surface area contributed by atoms with Gasteiger partial charge in [0.1, 0.15) is 0 Å². The third-order valence-corrected chi connectivity index (χ3v) is 6.71. The van der Waals surface area contributed by atoms with Crippen LogP contribution in [0.15, 0.2) is 29.2 Å². The number of aryl methyl sites for hydroxylation is 1. The van der Waals surface area contributed by atoms with Gasteiger partial charge in [0, 0.05) is 6.54 Å². The van der Waals surface area contributed by atoms with Crippen molar-refractivity contribution in [3.05, 3.63) is 29.8 Å². The summed E-state index contributed by atoms with van der Waals surface area (Å²) in [5, 5.41) is 3.29. The minimum absolute atomic E-state index is 0.198. The van der Waals surface area contributed by atoms with Crippen LogP contribution in [0.1, 0.15) is 31.2 Å². The van der Waals surface area contributed by atoms with Crippen molar-refractivity contribution in [3.63, 3.8) is 0 Å². The fourth-order valence-electron chi connectivity index (χ4n) is 3.78. The Hall–Kier alpha value is -1.14. The van der Waals surface area contributed by atoms with Crippen LogP contribution >= 0.6 is 12.2 Å². The Morgan fingerprint density at radius 1 is 1.23 bits per heavy atom. The summed E-state index contributed by atoms with van der Waals surface area (Å²) in [5.41, 5.74) is 1.02. The molecule has 2 bridgehead atoms. The minimum atomic E-state index is -3.59. The maximum absolute atomic E-state index is 12.2. The van der Waals surface area contributed by atoms with E-state index in [1.54, 1.807) is 24.3 Å². The standard InChI is InChI=1S/C16H22N2O2S2/c1-11-2-6-15(7-3-11)22(19,20)18-16(21)17-10-14-9-12-4-5-13(14)8-12/h2-3,6-7,12-14H,4-5,8-10H2,1H3,(H2,17,18,21)/t12-,13-,14-/m0/s1. The van der Waals surface area contributed by atoms with Gasteiger partial charge in [0.15, 0.2) is 5.11 Å². The van der Waals surface area contributed by atoms with Gasteiger partial charge < -0.3 is 5.32 Å². The van der Waals surface area contributed by atoms with Gasteiger partial charge in [-0.1, -0.05) is 24.1 Å². The number of hydrogen-bond donors (Lipinski definition) is 2. The number of hydrogen-bond acceptors (Lipinski definition) is 3. The normalized spacial score (nSPS) is 26.9. The van der Waals surface area contributed by atoms with E-state index in [0.29, 0.717) is 5.92 Å². The second kappa shape index (κ2) is 6.16. The zero-order valence-corrected chi connectivity index (χ0v) is 14.3. The fraction of sp³-hybridized carbons (Fsp3) is 0.562. The van der Waals surface area contributed by atoms with Gasteiger partial charge in [-0.15, -0.1) is 0 Å². The quantitative estimate of drug-likeness (QED) is 0.829. The van der Waals surface area contributed by atoms with Gasteiger partial charge in [0.25, 0.3) is 10.0 Å². The van der Waals surface area contributed by atoms with Crippen LogP contribution in [0.4, 0.5) is 0 Å². The summed E-state index contributed by atoms with van der Waals surface area (Å²) in [7, 11) is -3.59. The van der Waals surface area contributed by atoms with Crippen LogP contribution in [0.2, 0.25) is 0 Å². The highest BCUT2D eigenvalue weighted by Crippen LogP contribution is 2.47. The summed E-state index contributed by atoms with van der Waals surface area (Å²) >= 11 is 5.15. The molecule has 2 aliphatic carbocycles. The smallest absolute Gasteiger partial charge is 0.263 e. The summed E-state index contributed by atoms with van der Waals surface area (Å²) in [5.74, 6) is 2.32. The first-order valence-corrected chi connectivity index (χ1v) is 9.70. The molecular formula is C16H22N2O2S2. The summed E-state index contributed by atoms with van der Waals surface area (Å²) in [6, 6.07) is 6.74. The monoisotopic (exact) mass is 338 g/mol. The Bertz CT molecular complexity index is 655. The second-order valence-corrected chi connectivity index (χ2v) is 8.65. The minimum Gasteiger partial charge on any atom is -0.362 e. The van der Waals surface area contributed by atoms with Gasteiger partial charge in [0.05, 0.1) is 4.90 Å². The molecule has 120 valence electrons. The third kappa shape index (κ3) is 3.43. The van der Waals surface area contributed by atoms with Gasteiger partial charge in [-0.25, -0.2) is 8.42 Å². The number of benzene rings is 1. The lowest BCUT2D eigenvalue weighted by Gasteiger charge is -2.22. The van der Waals surface area contributed by atoms with Crippen molar-refractivity contribution in [2.75, 3.05) is 6.54 Å². The molecule has 0 aromatic heterocycles. The summed E-state index contributed by atoms with van der Waals surface area (Å²) in [6.07, 6.45) is 5.28. The molecule has 2 N–H and O–H groups in total. The maximum Gasteiger partial charge on any atom is 0.263 e. The Balaban J connectivity index is 1.53. The lowest BCUT2D eigenvalue weighted by Crippen LogP contribution is -2.41. The van der Waals surface area contributed by atoms with Crippen LogP contribution in [0.5, 0.6) is 0 Å². The summed E-state index contributed by atoms with van der Waals surface area (Å²) < 4.78 is 26.9. The number of thiocarbonyl (C=S) groups is 1. The predicted molar refractivity (Wildman–Crippen MR) is 91.0 cm³/mol. The van der Waals surface area contributed by atoms with Gasteiger partial charge >= 0.3 is 0 Å². The van der Waals surface area contributed by atoms with Crippen molar-refractivity contribution < 1.29 is 8.42 Å². The largest absolute Gasteiger partial charge is 0.362 e. The fourth-order valence-corrected chi connectivity index (χ4v) is 5.13. The molecule has 0 unspecified atom stereocenters. The van der Waals surface area contributed by atoms with Crippen LogP contribution in [-0.4, -0.2) is 20.1 Å². The molecule has 1 aromatic carbocycles. The molecule has 0 heterocycles. The molecule has 0 spiro atoms. The molecule has 0 aliphatic heterocycles. The van der Waals surface area contributed by atoms with Gasteiger partial charge in [-0.2, -0.15) is 0 Å². The highest BCUT2D eigenvalue weighted by molar-refractivity contribution is 7.91. The molecular weight excluding hydrogens is 316 g/mol. The molecule has 2 aliphatic rings. The predicted octanol–water partition coefficient (Wildman–Crippen LogP) is 2.58. The Labute approximate surface area is 137 Å². The van der Waals surface area contributed by atoms with Gasteiger partial charge in [-0.3, -0.25) is 4.72 Å². The van der Waals surface area contributed by atoms with E-state index in [9.17, 15) is 8.42 Å². The molecule has 1 aromatic rings. The molecule has 22 heavy (non-hydrogen) atoms. The molecule has 3 atom stereocenters. The van der Waals surface area contributed by atoms with Crippen molar-refractivity contribution in [2.45, 2.75) is 37.5 Å². The van der Waals surface area contributed by atoms with Crippen molar-refractivity contribution >= 4 is 27.4 Å². The van der Waals surface area contributed by atoms with E-state index in [-0.39, 0.29) is 10.0 Å². The molecule has 0 amide bonds. The van der Waals surface area contributed by atoms with Crippen molar-refractivity contribution in [1.29, 1.82) is 0 Å². The van der Waals surface area contributed by atoms with E-state index in [0.717, 1.165) is 23.9 Å². The average Bonchev–Trinajstić information content (AvgIpc) is 3.07. The van der Waals surface area contributed by atoms with Crippen molar-refractivity contribution in [2.24, 2.45) is 17.8 Å². The molecule has 3 rings (SSSR count). The number of rotatable bonds is 4. The zero-order valence-electron chi connectivity index (χ0n) is 12.7. The van der Waals surface area contributed by atoms with E-state index >= 15 is 0 Å². The van der Waals surface area contributed by atoms with Gasteiger partial charge in [0.2, 0.25) is 0 Å². The lowest BCUT2D eigenvalue weighted by molar-refractivity contribution is 0.332. The Morgan fingerprint density at radius 3 is 2.55 bits per heavy atom. The second-order valence-electron chi connectivity index (χ2n) is 6.56. The lowest BCUT2D eigenvalue weighted by atomic mass is 9.89. The average molecular weight is 338 g/mol. The van der Waals surface area contributed by atoms with Gasteiger partial charge in [-0.05, 0) is 68.3 Å². The van der Waals surface area contributed by atoms with Crippen LogP contribution in [-0.2, 0) is 10.0 Å².